The van der Waals surface area contributed by atoms with E-state index in [9.17, 15) is 9.90 Å². The normalized spacial score (nSPS) is 11.2. The standard InChI is InChI=1S/C29H41N3O4/c1-3-5-7-9-11-13-19-35-24-16-18-27(28(33)22-24)32-30-25-17-15-23(21-26(25)31-32)29(34)36-20-14-12-10-8-6-4-2/h15-18,21-22,33H,3-14,19-20H2,1-2H3. The van der Waals surface area contributed by atoms with E-state index in [1.54, 1.807) is 30.3 Å². The van der Waals surface area contributed by atoms with Crippen LogP contribution < -0.4 is 4.74 Å². The van der Waals surface area contributed by atoms with Gasteiger partial charge in [-0.3, -0.25) is 0 Å². The molecule has 7 heteroatoms. The Hall–Kier alpha value is -3.09. The van der Waals surface area contributed by atoms with Crippen LogP contribution in [0.15, 0.2) is 36.4 Å². The molecule has 36 heavy (non-hydrogen) atoms. The van der Waals surface area contributed by atoms with Crippen molar-refractivity contribution in [3.63, 3.8) is 0 Å². The molecule has 1 N–H and O–H groups in total. The largest absolute Gasteiger partial charge is 0.505 e. The van der Waals surface area contributed by atoms with Crippen LogP contribution in [0.4, 0.5) is 0 Å². The molecule has 0 amide bonds. The summed E-state index contributed by atoms with van der Waals surface area (Å²) >= 11 is 0. The number of aromatic nitrogens is 3. The molecule has 0 aliphatic rings. The molecule has 0 aliphatic heterocycles. The second-order valence-corrected chi connectivity index (χ2v) is 9.36. The smallest absolute Gasteiger partial charge is 0.338 e. The van der Waals surface area contributed by atoms with Crippen molar-refractivity contribution >= 4 is 17.0 Å². The molecule has 0 saturated heterocycles. The van der Waals surface area contributed by atoms with E-state index in [0.717, 1.165) is 25.7 Å². The van der Waals surface area contributed by atoms with E-state index in [2.05, 4.69) is 24.0 Å². The first kappa shape index (κ1) is 27.5. The summed E-state index contributed by atoms with van der Waals surface area (Å²) in [5.74, 6) is 0.306. The SMILES string of the molecule is CCCCCCCCOC(=O)c1ccc2nn(-c3ccc(OCCCCCCCC)cc3O)nc2c1. The Morgan fingerprint density at radius 2 is 1.42 bits per heavy atom. The van der Waals surface area contributed by atoms with E-state index < -0.39 is 0 Å². The zero-order chi connectivity index (χ0) is 25.6. The van der Waals surface area contributed by atoms with Gasteiger partial charge < -0.3 is 14.6 Å². The fourth-order valence-electron chi connectivity index (χ4n) is 4.11. The van der Waals surface area contributed by atoms with Gasteiger partial charge in [0, 0.05) is 6.07 Å². The number of carbonyl (C=O) groups excluding carboxylic acids is 1. The van der Waals surface area contributed by atoms with E-state index in [-0.39, 0.29) is 11.7 Å². The molecule has 2 aromatic carbocycles. The van der Waals surface area contributed by atoms with Crippen LogP contribution in [0, 0.1) is 0 Å². The van der Waals surface area contributed by atoms with Crippen molar-refractivity contribution in [3.05, 3.63) is 42.0 Å². The summed E-state index contributed by atoms with van der Waals surface area (Å²) in [5.41, 5.74) is 2.09. The summed E-state index contributed by atoms with van der Waals surface area (Å²) in [6.45, 7) is 5.47. The lowest BCUT2D eigenvalue weighted by Crippen LogP contribution is -2.06. The third-order valence-corrected chi connectivity index (χ3v) is 6.28. The minimum Gasteiger partial charge on any atom is -0.505 e. The van der Waals surface area contributed by atoms with Crippen molar-refractivity contribution in [2.24, 2.45) is 0 Å². The Bertz CT molecular complexity index is 1080. The monoisotopic (exact) mass is 495 g/mol. The molecule has 0 unspecified atom stereocenters. The number of hydrogen-bond acceptors (Lipinski definition) is 6. The quantitative estimate of drug-likeness (QED) is 0.155. The van der Waals surface area contributed by atoms with E-state index in [1.807, 2.05) is 6.07 Å². The highest BCUT2D eigenvalue weighted by molar-refractivity contribution is 5.93. The van der Waals surface area contributed by atoms with Gasteiger partial charge in [0.15, 0.2) is 0 Å². The molecule has 196 valence electrons. The lowest BCUT2D eigenvalue weighted by Gasteiger charge is -2.08. The maximum absolute atomic E-state index is 12.4. The van der Waals surface area contributed by atoms with Crippen LogP contribution in [0.3, 0.4) is 0 Å². The summed E-state index contributed by atoms with van der Waals surface area (Å²) in [7, 11) is 0. The van der Waals surface area contributed by atoms with Crippen LogP contribution in [0.5, 0.6) is 11.5 Å². The van der Waals surface area contributed by atoms with Gasteiger partial charge in [-0.1, -0.05) is 78.1 Å². The van der Waals surface area contributed by atoms with Gasteiger partial charge in [0.25, 0.3) is 0 Å². The minimum atomic E-state index is -0.352. The number of nitrogens with zero attached hydrogens (tertiary/aromatic N) is 3. The van der Waals surface area contributed by atoms with Crippen LogP contribution in [-0.4, -0.2) is 39.3 Å². The third-order valence-electron chi connectivity index (χ3n) is 6.28. The summed E-state index contributed by atoms with van der Waals surface area (Å²) in [5, 5.41) is 19.5. The van der Waals surface area contributed by atoms with Crippen molar-refractivity contribution in [2.75, 3.05) is 13.2 Å². The first-order valence-electron chi connectivity index (χ1n) is 13.6. The van der Waals surface area contributed by atoms with Gasteiger partial charge in [0.2, 0.25) is 0 Å². The average Bonchev–Trinajstić information content (AvgIpc) is 3.30. The number of esters is 1. The summed E-state index contributed by atoms with van der Waals surface area (Å²) in [6.07, 6.45) is 14.1. The number of hydrogen-bond donors (Lipinski definition) is 1. The van der Waals surface area contributed by atoms with E-state index in [4.69, 9.17) is 9.47 Å². The van der Waals surface area contributed by atoms with Gasteiger partial charge in [-0.2, -0.15) is 0 Å². The van der Waals surface area contributed by atoms with Gasteiger partial charge in [-0.15, -0.1) is 15.0 Å². The maximum atomic E-state index is 12.4. The lowest BCUT2D eigenvalue weighted by atomic mass is 10.1. The molecule has 0 radical (unpaired) electrons. The van der Waals surface area contributed by atoms with Gasteiger partial charge >= 0.3 is 5.97 Å². The molecule has 0 bridgehead atoms. The average molecular weight is 496 g/mol. The number of benzene rings is 2. The number of fused-ring (bicyclic) bond motifs is 1. The molecule has 3 aromatic rings. The molecule has 3 rings (SSSR count). The fourth-order valence-corrected chi connectivity index (χ4v) is 4.11. The number of aromatic hydroxyl groups is 1. The zero-order valence-corrected chi connectivity index (χ0v) is 21.9. The van der Waals surface area contributed by atoms with Gasteiger partial charge in [-0.05, 0) is 43.2 Å². The Morgan fingerprint density at radius 1 is 0.778 bits per heavy atom. The third kappa shape index (κ3) is 8.54. The second kappa shape index (κ2) is 15.1. The van der Waals surface area contributed by atoms with E-state index in [0.29, 0.717) is 41.2 Å². The molecule has 0 aliphatic carbocycles. The Kier molecular flexibility index (Phi) is 11.5. The maximum Gasteiger partial charge on any atom is 0.338 e. The highest BCUT2D eigenvalue weighted by atomic mass is 16.5. The van der Waals surface area contributed by atoms with Crippen LogP contribution >= 0.6 is 0 Å². The van der Waals surface area contributed by atoms with Crippen LogP contribution in [0.25, 0.3) is 16.7 Å². The van der Waals surface area contributed by atoms with Crippen molar-refractivity contribution in [2.45, 2.75) is 90.9 Å². The van der Waals surface area contributed by atoms with Crippen LogP contribution in [-0.2, 0) is 4.74 Å². The molecule has 1 aromatic heterocycles. The van der Waals surface area contributed by atoms with Crippen LogP contribution in [0.1, 0.15) is 101 Å². The predicted molar refractivity (Wildman–Crippen MR) is 143 cm³/mol. The Labute approximate surface area is 214 Å². The van der Waals surface area contributed by atoms with Crippen LogP contribution in [0.2, 0.25) is 0 Å². The second-order valence-electron chi connectivity index (χ2n) is 9.36. The number of phenolic OH excluding ortho intramolecular Hbond substituents is 1. The summed E-state index contributed by atoms with van der Waals surface area (Å²) < 4.78 is 11.2. The first-order valence-corrected chi connectivity index (χ1v) is 13.6. The molecule has 0 spiro atoms. The van der Waals surface area contributed by atoms with Gasteiger partial charge in [0.1, 0.15) is 28.2 Å². The number of unbranched alkanes of at least 4 members (excludes halogenated alkanes) is 10. The highest BCUT2D eigenvalue weighted by Crippen LogP contribution is 2.27. The zero-order valence-electron chi connectivity index (χ0n) is 21.9. The Balaban J connectivity index is 1.52. The number of ether oxygens (including phenoxy) is 2. The number of rotatable bonds is 17. The van der Waals surface area contributed by atoms with E-state index in [1.165, 1.54) is 56.2 Å². The topological polar surface area (TPSA) is 86.5 Å². The lowest BCUT2D eigenvalue weighted by molar-refractivity contribution is 0.0498. The summed E-state index contributed by atoms with van der Waals surface area (Å²) in [4.78, 5) is 13.8. The predicted octanol–water partition coefficient (Wildman–Crippen LogP) is 7.38. The molecular weight excluding hydrogens is 454 g/mol. The van der Waals surface area contributed by atoms with Crippen molar-refractivity contribution in [1.29, 1.82) is 0 Å². The van der Waals surface area contributed by atoms with E-state index >= 15 is 0 Å². The molecule has 0 fully saturated rings. The summed E-state index contributed by atoms with van der Waals surface area (Å²) in [6, 6.07) is 10.3. The van der Waals surface area contributed by atoms with Gasteiger partial charge in [-0.25, -0.2) is 4.79 Å². The number of phenols is 1. The Morgan fingerprint density at radius 3 is 2.11 bits per heavy atom. The minimum absolute atomic E-state index is 0.0364. The molecule has 1 heterocycles. The first-order chi connectivity index (χ1) is 17.6. The number of carbonyl (C=O) groups is 1. The van der Waals surface area contributed by atoms with Crippen molar-refractivity contribution < 1.29 is 19.4 Å². The highest BCUT2D eigenvalue weighted by Gasteiger charge is 2.13. The molecule has 0 saturated carbocycles. The van der Waals surface area contributed by atoms with Gasteiger partial charge in [0.05, 0.1) is 18.8 Å². The van der Waals surface area contributed by atoms with Crippen molar-refractivity contribution in [1.82, 2.24) is 15.0 Å². The van der Waals surface area contributed by atoms with Crippen molar-refractivity contribution in [3.8, 4) is 17.2 Å². The molecule has 7 nitrogen and oxygen atoms in total. The fraction of sp³-hybridized carbons (Fsp3) is 0.552. The molecule has 0 atom stereocenters. The molecular formula is C29H41N3O4.